The van der Waals surface area contributed by atoms with Gasteiger partial charge in [0.2, 0.25) is 0 Å². The summed E-state index contributed by atoms with van der Waals surface area (Å²) in [5.74, 6) is 0. The van der Waals surface area contributed by atoms with Gasteiger partial charge in [-0.1, -0.05) is 85.8 Å². The minimum atomic E-state index is -4.66. The van der Waals surface area contributed by atoms with E-state index in [9.17, 15) is 39.5 Å². The van der Waals surface area contributed by atoms with Gasteiger partial charge in [-0.15, -0.1) is 0 Å². The molecule has 0 aliphatic carbocycles. The lowest BCUT2D eigenvalue weighted by molar-refractivity contribution is -0.138. The lowest BCUT2D eigenvalue weighted by Gasteiger charge is -2.18. The molecule has 0 aliphatic heterocycles. The summed E-state index contributed by atoms with van der Waals surface area (Å²) in [6.45, 7) is 3.67. The Hall–Kier alpha value is -7.81. The summed E-state index contributed by atoms with van der Waals surface area (Å²) < 4.78 is 126. The van der Waals surface area contributed by atoms with Crippen LogP contribution in [0.2, 0.25) is 0 Å². The molecule has 0 saturated heterocycles. The average molecular weight is 913 g/mol. The molecular formula is C52H33F9N6. The van der Waals surface area contributed by atoms with Crippen molar-refractivity contribution in [3.05, 3.63) is 174 Å². The maximum atomic E-state index is 14.0. The topological polar surface area (TPSA) is 77.3 Å². The first-order chi connectivity index (χ1) is 32.0. The highest BCUT2D eigenvalue weighted by atomic mass is 19.4. The SMILES string of the molecule is C/C=C\C=C(/CC)c1nc2cc(C(F)(F)F)ccc2nc1-c1cc(-c2nc3ccc(C(F)(F)F)cc3nc2-c2ccccc2)cc(-c2nc3ccc(C(F)(F)F)cc3nc2-c2ccccc2)c1. The van der Waals surface area contributed by atoms with E-state index in [1.165, 1.54) is 18.2 Å². The zero-order valence-corrected chi connectivity index (χ0v) is 35.2. The van der Waals surface area contributed by atoms with E-state index in [1.54, 1.807) is 104 Å². The monoisotopic (exact) mass is 912 g/mol. The van der Waals surface area contributed by atoms with Crippen LogP contribution in [0.4, 0.5) is 39.5 Å². The quantitative estimate of drug-likeness (QED) is 0.112. The number of rotatable bonds is 8. The smallest absolute Gasteiger partial charge is 0.244 e. The molecular weight excluding hydrogens is 880 g/mol. The van der Waals surface area contributed by atoms with Crippen molar-refractivity contribution in [1.29, 1.82) is 0 Å². The van der Waals surface area contributed by atoms with Crippen molar-refractivity contribution in [2.45, 2.75) is 38.8 Å². The number of benzene rings is 6. The molecule has 3 aromatic heterocycles. The predicted octanol–water partition coefficient (Wildman–Crippen LogP) is 15.3. The molecule has 0 fully saturated rings. The summed E-state index contributed by atoms with van der Waals surface area (Å²) in [4.78, 5) is 29.2. The van der Waals surface area contributed by atoms with Gasteiger partial charge in [-0.25, -0.2) is 29.9 Å². The highest BCUT2D eigenvalue weighted by Crippen LogP contribution is 2.42. The molecule has 9 rings (SSSR count). The van der Waals surface area contributed by atoms with Crippen molar-refractivity contribution < 1.29 is 39.5 Å². The summed E-state index contributed by atoms with van der Waals surface area (Å²) in [5.41, 5.74) is 1.78. The second-order valence-electron chi connectivity index (χ2n) is 15.5. The zero-order chi connectivity index (χ0) is 47.3. The fraction of sp³-hybridized carbons (Fsp3) is 0.115. The van der Waals surface area contributed by atoms with Crippen LogP contribution in [0.5, 0.6) is 0 Å². The van der Waals surface area contributed by atoms with E-state index in [0.717, 1.165) is 36.4 Å². The molecule has 0 bridgehead atoms. The van der Waals surface area contributed by atoms with Crippen LogP contribution in [0.3, 0.4) is 0 Å². The normalized spacial score (nSPS) is 12.8. The molecule has 0 spiro atoms. The van der Waals surface area contributed by atoms with Crippen molar-refractivity contribution in [2.75, 3.05) is 0 Å². The van der Waals surface area contributed by atoms with Gasteiger partial charge in [0, 0.05) is 27.8 Å². The van der Waals surface area contributed by atoms with E-state index in [2.05, 4.69) is 0 Å². The number of halogens is 9. The van der Waals surface area contributed by atoms with Crippen molar-refractivity contribution >= 4 is 38.7 Å². The summed E-state index contributed by atoms with van der Waals surface area (Å²) in [7, 11) is 0. The van der Waals surface area contributed by atoms with Gasteiger partial charge < -0.3 is 0 Å². The van der Waals surface area contributed by atoms with E-state index in [1.807, 2.05) is 6.92 Å². The third-order valence-electron chi connectivity index (χ3n) is 11.0. The van der Waals surface area contributed by atoms with Crippen LogP contribution in [0.25, 0.3) is 95.0 Å². The highest BCUT2D eigenvalue weighted by Gasteiger charge is 2.33. The molecule has 0 N–H and O–H groups in total. The average Bonchev–Trinajstić information content (AvgIpc) is 3.32. The van der Waals surface area contributed by atoms with Crippen LogP contribution in [0.1, 0.15) is 42.7 Å². The van der Waals surface area contributed by atoms with Gasteiger partial charge >= 0.3 is 18.5 Å². The summed E-state index contributed by atoms with van der Waals surface area (Å²) in [6, 6.07) is 31.8. The van der Waals surface area contributed by atoms with Crippen LogP contribution in [-0.4, -0.2) is 29.9 Å². The Morgan fingerprint density at radius 1 is 0.403 bits per heavy atom. The third-order valence-corrected chi connectivity index (χ3v) is 11.0. The van der Waals surface area contributed by atoms with Crippen LogP contribution in [-0.2, 0) is 18.5 Å². The van der Waals surface area contributed by atoms with E-state index in [0.29, 0.717) is 39.8 Å². The van der Waals surface area contributed by atoms with Gasteiger partial charge in [-0.3, -0.25) is 0 Å². The minimum Gasteiger partial charge on any atom is -0.244 e. The fourth-order valence-corrected chi connectivity index (χ4v) is 7.73. The minimum absolute atomic E-state index is 0.0141. The molecule has 6 aromatic carbocycles. The molecule has 0 saturated carbocycles. The molecule has 0 radical (unpaired) electrons. The van der Waals surface area contributed by atoms with E-state index in [-0.39, 0.29) is 67.3 Å². The first-order valence-electron chi connectivity index (χ1n) is 20.7. The van der Waals surface area contributed by atoms with Crippen molar-refractivity contribution in [1.82, 2.24) is 29.9 Å². The van der Waals surface area contributed by atoms with Gasteiger partial charge in [0.25, 0.3) is 0 Å². The second kappa shape index (κ2) is 17.2. The van der Waals surface area contributed by atoms with Gasteiger partial charge in [0.15, 0.2) is 0 Å². The van der Waals surface area contributed by atoms with E-state index < -0.39 is 35.2 Å². The maximum absolute atomic E-state index is 14.0. The summed E-state index contributed by atoms with van der Waals surface area (Å²) in [6.07, 6.45) is -8.27. The van der Waals surface area contributed by atoms with Crippen molar-refractivity contribution in [3.8, 4) is 56.3 Å². The fourth-order valence-electron chi connectivity index (χ4n) is 7.73. The zero-order valence-electron chi connectivity index (χ0n) is 35.2. The number of alkyl halides is 9. The number of aromatic nitrogens is 6. The third kappa shape index (κ3) is 8.96. The Morgan fingerprint density at radius 2 is 0.746 bits per heavy atom. The number of nitrogens with zero attached hydrogens (tertiary/aromatic N) is 6. The molecule has 0 unspecified atom stereocenters. The number of fused-ring (bicyclic) bond motifs is 3. The van der Waals surface area contributed by atoms with Gasteiger partial charge in [0.05, 0.1) is 84.0 Å². The summed E-state index contributed by atoms with van der Waals surface area (Å²) in [5, 5.41) is 0. The maximum Gasteiger partial charge on any atom is 0.416 e. The largest absolute Gasteiger partial charge is 0.416 e. The molecule has 9 aromatic rings. The van der Waals surface area contributed by atoms with Gasteiger partial charge in [-0.05, 0) is 91.7 Å². The van der Waals surface area contributed by atoms with Crippen molar-refractivity contribution in [3.63, 3.8) is 0 Å². The molecule has 334 valence electrons. The molecule has 6 nitrogen and oxygen atoms in total. The van der Waals surface area contributed by atoms with Crippen LogP contribution in [0, 0.1) is 0 Å². The molecule has 0 amide bonds. The Bertz CT molecular complexity index is 3260. The predicted molar refractivity (Wildman–Crippen MR) is 241 cm³/mol. The summed E-state index contributed by atoms with van der Waals surface area (Å²) >= 11 is 0. The Morgan fingerprint density at radius 3 is 1.12 bits per heavy atom. The molecule has 0 atom stereocenters. The van der Waals surface area contributed by atoms with Gasteiger partial charge in [-0.2, -0.15) is 39.5 Å². The lowest BCUT2D eigenvalue weighted by Crippen LogP contribution is -2.06. The van der Waals surface area contributed by atoms with E-state index >= 15 is 0 Å². The van der Waals surface area contributed by atoms with E-state index in [4.69, 9.17) is 29.9 Å². The van der Waals surface area contributed by atoms with Crippen LogP contribution >= 0.6 is 0 Å². The first kappa shape index (κ1) is 44.4. The second-order valence-corrected chi connectivity index (χ2v) is 15.5. The number of hydrogen-bond donors (Lipinski definition) is 0. The lowest BCUT2D eigenvalue weighted by atomic mass is 9.93. The standard InChI is InChI=1S/C52H33F9N6/c1-3-5-12-29(4-2)44-47(62-38-20-17-35(50(53,54)55)26-41(38)65-44)32-23-33(48-45(30-13-8-6-9-14-30)66-42-27-36(51(56,57)58)18-21-39(42)63-48)25-34(24-32)49-46(31-15-10-7-11-16-31)67-43-28-37(52(59,60)61)19-22-40(43)64-49/h3,5-28H,4H2,1-2H3/b5-3-,29-12+. The Balaban J connectivity index is 1.40. The number of allylic oxidation sites excluding steroid dienone is 4. The van der Waals surface area contributed by atoms with Crippen molar-refractivity contribution in [2.24, 2.45) is 0 Å². The first-order valence-corrected chi connectivity index (χ1v) is 20.7. The molecule has 67 heavy (non-hydrogen) atoms. The Kier molecular flexibility index (Phi) is 11.4. The molecule has 3 heterocycles. The molecule has 15 heteroatoms. The van der Waals surface area contributed by atoms with Crippen LogP contribution < -0.4 is 0 Å². The molecule has 0 aliphatic rings. The van der Waals surface area contributed by atoms with Gasteiger partial charge in [0.1, 0.15) is 0 Å². The highest BCUT2D eigenvalue weighted by molar-refractivity contribution is 5.94. The van der Waals surface area contributed by atoms with Crippen LogP contribution in [0.15, 0.2) is 152 Å². The number of hydrogen-bond acceptors (Lipinski definition) is 6. The Labute approximate surface area is 376 Å².